The molecule has 0 heterocycles. The molecule has 2 aromatic rings. The lowest BCUT2D eigenvalue weighted by atomic mass is 10.1. The summed E-state index contributed by atoms with van der Waals surface area (Å²) in [7, 11) is 0. The zero-order valence-corrected chi connectivity index (χ0v) is 15.0. The van der Waals surface area contributed by atoms with Gasteiger partial charge in [-0.15, -0.1) is 0 Å². The van der Waals surface area contributed by atoms with Gasteiger partial charge >= 0.3 is 0 Å². The van der Waals surface area contributed by atoms with Crippen LogP contribution < -0.4 is 5.32 Å². The van der Waals surface area contributed by atoms with E-state index in [1.165, 1.54) is 5.56 Å². The fourth-order valence-corrected chi connectivity index (χ4v) is 3.24. The van der Waals surface area contributed by atoms with Gasteiger partial charge in [0.25, 0.3) is 0 Å². The molecule has 0 spiro atoms. The van der Waals surface area contributed by atoms with Gasteiger partial charge in [0.2, 0.25) is 5.91 Å². The molecule has 1 N–H and O–H groups in total. The third-order valence-electron chi connectivity index (χ3n) is 4.55. The van der Waals surface area contributed by atoms with Gasteiger partial charge in [-0.05, 0) is 48.4 Å². The zero-order valence-electron chi connectivity index (χ0n) is 14.3. The molecule has 1 fully saturated rings. The van der Waals surface area contributed by atoms with Crippen molar-refractivity contribution in [1.29, 1.82) is 0 Å². The Labute approximate surface area is 154 Å². The molecule has 2 unspecified atom stereocenters. The van der Waals surface area contributed by atoms with Crippen molar-refractivity contribution < 1.29 is 9.53 Å². The minimum absolute atomic E-state index is 0.0949. The Hall–Kier alpha value is -1.84. The number of nitrogens with one attached hydrogen (secondary N) is 1. The summed E-state index contributed by atoms with van der Waals surface area (Å²) in [6, 6.07) is 18.1. The van der Waals surface area contributed by atoms with E-state index in [0.29, 0.717) is 19.1 Å². The summed E-state index contributed by atoms with van der Waals surface area (Å²) in [5.41, 5.74) is 2.45. The number of hydrogen-bond acceptors (Lipinski definition) is 2. The van der Waals surface area contributed by atoms with Crippen LogP contribution in [0.25, 0.3) is 0 Å². The van der Waals surface area contributed by atoms with Gasteiger partial charge in [0, 0.05) is 24.1 Å². The highest BCUT2D eigenvalue weighted by molar-refractivity contribution is 6.30. The highest BCUT2D eigenvalue weighted by Crippen LogP contribution is 2.47. The molecule has 1 aliphatic carbocycles. The third-order valence-corrected chi connectivity index (χ3v) is 4.78. The number of carbonyl (C=O) groups is 1. The van der Waals surface area contributed by atoms with Crippen LogP contribution >= 0.6 is 11.6 Å². The van der Waals surface area contributed by atoms with Crippen molar-refractivity contribution in [3.8, 4) is 0 Å². The topological polar surface area (TPSA) is 38.3 Å². The molecule has 2 aromatic carbocycles. The molecule has 0 aromatic heterocycles. The molecular formula is C21H24ClNO2. The lowest BCUT2D eigenvalue weighted by Crippen LogP contribution is -2.27. The van der Waals surface area contributed by atoms with Gasteiger partial charge in [-0.2, -0.15) is 0 Å². The molecule has 4 heteroatoms. The second-order valence-electron chi connectivity index (χ2n) is 6.50. The number of halogens is 1. The maximum absolute atomic E-state index is 12.2. The average Bonchev–Trinajstić information content (AvgIpc) is 3.42. The molecule has 25 heavy (non-hydrogen) atoms. The van der Waals surface area contributed by atoms with Crippen LogP contribution in [-0.4, -0.2) is 25.7 Å². The summed E-state index contributed by atoms with van der Waals surface area (Å²) in [4.78, 5) is 12.2. The number of rotatable bonds is 9. The van der Waals surface area contributed by atoms with Gasteiger partial charge in [-0.3, -0.25) is 4.79 Å². The van der Waals surface area contributed by atoms with Crippen molar-refractivity contribution in [1.82, 2.24) is 5.32 Å². The summed E-state index contributed by atoms with van der Waals surface area (Å²) in [5, 5.41) is 3.75. The molecule has 0 radical (unpaired) electrons. The predicted octanol–water partition coefficient (Wildman–Crippen LogP) is 4.21. The third kappa shape index (κ3) is 5.58. The van der Waals surface area contributed by atoms with E-state index in [-0.39, 0.29) is 11.8 Å². The van der Waals surface area contributed by atoms with Gasteiger partial charge in [-0.1, -0.05) is 54.1 Å². The number of hydrogen-bond donors (Lipinski definition) is 1. The fraction of sp³-hybridized carbons (Fsp3) is 0.381. The molecule has 2 atom stereocenters. The number of ether oxygens (including phenoxy) is 1. The predicted molar refractivity (Wildman–Crippen MR) is 101 cm³/mol. The monoisotopic (exact) mass is 357 g/mol. The van der Waals surface area contributed by atoms with Crippen LogP contribution in [0.5, 0.6) is 0 Å². The molecule has 1 amide bonds. The SMILES string of the molecule is O=C(NCCCOCCc1ccccc1)C1CC1c1cccc(Cl)c1. The standard InChI is InChI=1S/C21H24ClNO2/c22-18-9-4-8-17(14-18)19-15-20(19)21(24)23-11-5-12-25-13-10-16-6-2-1-3-7-16/h1-4,6-9,14,19-20H,5,10-13,15H2,(H,23,24). The van der Waals surface area contributed by atoms with Gasteiger partial charge in [0.15, 0.2) is 0 Å². The van der Waals surface area contributed by atoms with E-state index >= 15 is 0 Å². The number of amides is 1. The maximum atomic E-state index is 12.2. The van der Waals surface area contributed by atoms with E-state index in [1.807, 2.05) is 42.5 Å². The largest absolute Gasteiger partial charge is 0.381 e. The Morgan fingerprint density at radius 1 is 1.12 bits per heavy atom. The first-order valence-electron chi connectivity index (χ1n) is 8.89. The molecule has 1 saturated carbocycles. The molecule has 0 aliphatic heterocycles. The highest BCUT2D eigenvalue weighted by Gasteiger charge is 2.43. The zero-order chi connectivity index (χ0) is 17.5. The Kier molecular flexibility index (Phi) is 6.48. The van der Waals surface area contributed by atoms with Gasteiger partial charge in [-0.25, -0.2) is 0 Å². The maximum Gasteiger partial charge on any atom is 0.223 e. The van der Waals surface area contributed by atoms with Crippen molar-refractivity contribution in [2.45, 2.75) is 25.2 Å². The van der Waals surface area contributed by atoms with Crippen LogP contribution in [0.2, 0.25) is 5.02 Å². The molecule has 132 valence electrons. The van der Waals surface area contributed by atoms with E-state index in [0.717, 1.165) is 36.5 Å². The minimum Gasteiger partial charge on any atom is -0.381 e. The van der Waals surface area contributed by atoms with Crippen molar-refractivity contribution in [3.63, 3.8) is 0 Å². The van der Waals surface area contributed by atoms with Gasteiger partial charge in [0.05, 0.1) is 6.61 Å². The minimum atomic E-state index is 0.0949. The van der Waals surface area contributed by atoms with E-state index in [9.17, 15) is 4.79 Å². The highest BCUT2D eigenvalue weighted by atomic mass is 35.5. The van der Waals surface area contributed by atoms with Crippen LogP contribution in [0.4, 0.5) is 0 Å². The summed E-state index contributed by atoms with van der Waals surface area (Å²) < 4.78 is 5.63. The number of carbonyl (C=O) groups excluding carboxylic acids is 1. The first-order chi connectivity index (χ1) is 12.2. The molecule has 3 nitrogen and oxygen atoms in total. The molecule has 3 rings (SSSR count). The Bertz CT molecular complexity index is 689. The lowest BCUT2D eigenvalue weighted by Gasteiger charge is -2.07. The molecule has 0 saturated heterocycles. The smallest absolute Gasteiger partial charge is 0.223 e. The summed E-state index contributed by atoms with van der Waals surface area (Å²) in [5.74, 6) is 0.563. The first kappa shape index (κ1) is 18.0. The molecule has 0 bridgehead atoms. The first-order valence-corrected chi connectivity index (χ1v) is 9.26. The summed E-state index contributed by atoms with van der Waals surface area (Å²) >= 11 is 6.01. The molecular weight excluding hydrogens is 334 g/mol. The Balaban J connectivity index is 1.25. The second kappa shape index (κ2) is 9.02. The van der Waals surface area contributed by atoms with Crippen LogP contribution in [0, 0.1) is 5.92 Å². The summed E-state index contributed by atoms with van der Waals surface area (Å²) in [6.45, 7) is 2.07. The molecule has 1 aliphatic rings. The van der Waals surface area contributed by atoms with Crippen LogP contribution in [-0.2, 0) is 16.0 Å². The quantitative estimate of drug-likeness (QED) is 0.683. The van der Waals surface area contributed by atoms with E-state index in [2.05, 4.69) is 17.4 Å². The van der Waals surface area contributed by atoms with Gasteiger partial charge < -0.3 is 10.1 Å². The average molecular weight is 358 g/mol. The van der Waals surface area contributed by atoms with Crippen LogP contribution in [0.1, 0.15) is 29.9 Å². The van der Waals surface area contributed by atoms with Crippen LogP contribution in [0.3, 0.4) is 0 Å². The van der Waals surface area contributed by atoms with Crippen molar-refractivity contribution >= 4 is 17.5 Å². The van der Waals surface area contributed by atoms with E-state index < -0.39 is 0 Å². The number of benzene rings is 2. The van der Waals surface area contributed by atoms with E-state index in [1.54, 1.807) is 0 Å². The van der Waals surface area contributed by atoms with E-state index in [4.69, 9.17) is 16.3 Å². The summed E-state index contributed by atoms with van der Waals surface area (Å²) in [6.07, 6.45) is 2.69. The van der Waals surface area contributed by atoms with Crippen molar-refractivity contribution in [2.24, 2.45) is 5.92 Å². The van der Waals surface area contributed by atoms with Crippen LogP contribution in [0.15, 0.2) is 54.6 Å². The van der Waals surface area contributed by atoms with Crippen molar-refractivity contribution in [2.75, 3.05) is 19.8 Å². The second-order valence-corrected chi connectivity index (χ2v) is 6.93. The Morgan fingerprint density at radius 2 is 1.96 bits per heavy atom. The van der Waals surface area contributed by atoms with Crippen molar-refractivity contribution in [3.05, 3.63) is 70.7 Å². The normalized spacial score (nSPS) is 18.8. The lowest BCUT2D eigenvalue weighted by molar-refractivity contribution is -0.122. The fourth-order valence-electron chi connectivity index (χ4n) is 3.04. The van der Waals surface area contributed by atoms with Gasteiger partial charge in [0.1, 0.15) is 0 Å². The Morgan fingerprint density at radius 3 is 2.76 bits per heavy atom.